The molecule has 122 valence electrons. The van der Waals surface area contributed by atoms with Crippen molar-refractivity contribution in [2.75, 3.05) is 11.4 Å². The molecule has 2 amide bonds. The summed E-state index contributed by atoms with van der Waals surface area (Å²) in [5, 5.41) is 6.68. The van der Waals surface area contributed by atoms with Crippen LogP contribution in [0.25, 0.3) is 0 Å². The van der Waals surface area contributed by atoms with E-state index in [9.17, 15) is 9.59 Å². The Hall–Kier alpha value is -2.05. The van der Waals surface area contributed by atoms with Gasteiger partial charge in [0.1, 0.15) is 5.76 Å². The lowest BCUT2D eigenvalue weighted by Gasteiger charge is -2.30. The molecule has 0 spiro atoms. The second kappa shape index (κ2) is 5.62. The number of urea groups is 1. The number of aromatic nitrogens is 1. The number of esters is 1. The molecule has 1 aliphatic rings. The van der Waals surface area contributed by atoms with Crippen LogP contribution in [0.5, 0.6) is 0 Å². The molecule has 0 aromatic carbocycles. The van der Waals surface area contributed by atoms with E-state index in [1.165, 1.54) is 11.8 Å². The molecule has 0 saturated carbocycles. The molecule has 1 aromatic rings. The van der Waals surface area contributed by atoms with Gasteiger partial charge in [-0.3, -0.25) is 4.79 Å². The number of nitrogens with zero attached hydrogens (tertiary/aromatic N) is 2. The molecule has 2 heterocycles. The van der Waals surface area contributed by atoms with Crippen LogP contribution in [0.2, 0.25) is 0 Å². The maximum Gasteiger partial charge on any atom is 0.326 e. The summed E-state index contributed by atoms with van der Waals surface area (Å²) < 4.78 is 10.8. The third kappa shape index (κ3) is 2.67. The fourth-order valence-electron chi connectivity index (χ4n) is 2.60. The van der Waals surface area contributed by atoms with Gasteiger partial charge in [0, 0.05) is 18.4 Å². The zero-order chi connectivity index (χ0) is 16.5. The molecule has 1 aromatic heterocycles. The Morgan fingerprint density at radius 2 is 2.18 bits per heavy atom. The van der Waals surface area contributed by atoms with Crippen molar-refractivity contribution in [3.8, 4) is 0 Å². The molecule has 0 bridgehead atoms. The standard InChI is InChI=1S/C15H23N3O4/c1-6-14(4,7-2)11-8-12(17-22-11)18-13(20)16-9-15(18,5)21-10(3)19/h8H,6-7,9H2,1-5H3,(H,16,20). The van der Waals surface area contributed by atoms with Crippen molar-refractivity contribution in [1.29, 1.82) is 0 Å². The molecule has 1 atom stereocenters. The topological polar surface area (TPSA) is 84.7 Å². The summed E-state index contributed by atoms with van der Waals surface area (Å²) in [4.78, 5) is 24.8. The second-order valence-electron chi connectivity index (χ2n) is 6.08. The van der Waals surface area contributed by atoms with Crippen LogP contribution >= 0.6 is 0 Å². The first-order chi connectivity index (χ1) is 10.3. The number of ether oxygens (including phenoxy) is 1. The van der Waals surface area contributed by atoms with E-state index in [-0.39, 0.29) is 18.0 Å². The maximum atomic E-state index is 12.1. The number of rotatable bonds is 5. The molecule has 1 aliphatic heterocycles. The third-order valence-corrected chi connectivity index (χ3v) is 4.49. The first kappa shape index (κ1) is 16.3. The number of anilines is 1. The van der Waals surface area contributed by atoms with Gasteiger partial charge >= 0.3 is 12.0 Å². The first-order valence-corrected chi connectivity index (χ1v) is 7.50. The molecular formula is C15H23N3O4. The van der Waals surface area contributed by atoms with Crippen molar-refractivity contribution in [3.63, 3.8) is 0 Å². The van der Waals surface area contributed by atoms with Gasteiger partial charge in [0.2, 0.25) is 5.72 Å². The molecule has 1 N–H and O–H groups in total. The minimum absolute atomic E-state index is 0.140. The van der Waals surface area contributed by atoms with Crippen molar-refractivity contribution in [2.24, 2.45) is 0 Å². The molecule has 7 heteroatoms. The van der Waals surface area contributed by atoms with Crippen LogP contribution in [0.15, 0.2) is 10.6 Å². The smallest absolute Gasteiger partial charge is 0.326 e. The molecular weight excluding hydrogens is 286 g/mol. The Kier molecular flexibility index (Phi) is 4.17. The van der Waals surface area contributed by atoms with Gasteiger partial charge in [-0.15, -0.1) is 0 Å². The number of nitrogens with one attached hydrogen (secondary N) is 1. The van der Waals surface area contributed by atoms with E-state index < -0.39 is 11.7 Å². The van der Waals surface area contributed by atoms with Gasteiger partial charge in [-0.05, 0) is 19.8 Å². The molecule has 1 unspecified atom stereocenters. The van der Waals surface area contributed by atoms with Gasteiger partial charge in [-0.25, -0.2) is 9.69 Å². The number of hydrogen-bond acceptors (Lipinski definition) is 5. The largest absolute Gasteiger partial charge is 0.437 e. The van der Waals surface area contributed by atoms with E-state index in [0.29, 0.717) is 5.82 Å². The van der Waals surface area contributed by atoms with Crippen LogP contribution in [-0.2, 0) is 14.9 Å². The van der Waals surface area contributed by atoms with Gasteiger partial charge in [0.15, 0.2) is 5.82 Å². The fourth-order valence-corrected chi connectivity index (χ4v) is 2.60. The zero-order valence-corrected chi connectivity index (χ0v) is 13.7. The van der Waals surface area contributed by atoms with Crippen LogP contribution in [0.4, 0.5) is 10.6 Å². The lowest BCUT2D eigenvalue weighted by atomic mass is 9.82. The van der Waals surface area contributed by atoms with E-state index in [4.69, 9.17) is 9.26 Å². The highest BCUT2D eigenvalue weighted by Crippen LogP contribution is 2.35. The number of amides is 2. The highest BCUT2D eigenvalue weighted by atomic mass is 16.6. The van der Waals surface area contributed by atoms with E-state index in [2.05, 4.69) is 31.2 Å². The van der Waals surface area contributed by atoms with Crippen LogP contribution in [0, 0.1) is 0 Å². The summed E-state index contributed by atoms with van der Waals surface area (Å²) >= 11 is 0. The number of carbonyl (C=O) groups is 2. The predicted octanol–water partition coefficient (Wildman–Crippen LogP) is 2.56. The molecule has 22 heavy (non-hydrogen) atoms. The Morgan fingerprint density at radius 1 is 1.55 bits per heavy atom. The van der Waals surface area contributed by atoms with Gasteiger partial charge < -0.3 is 14.6 Å². The molecule has 0 aliphatic carbocycles. The predicted molar refractivity (Wildman–Crippen MR) is 80.5 cm³/mol. The average Bonchev–Trinajstić information content (AvgIpc) is 3.03. The van der Waals surface area contributed by atoms with E-state index in [0.717, 1.165) is 18.6 Å². The lowest BCUT2D eigenvalue weighted by molar-refractivity contribution is -0.152. The van der Waals surface area contributed by atoms with Crippen LogP contribution in [0.3, 0.4) is 0 Å². The fraction of sp³-hybridized carbons (Fsp3) is 0.667. The Labute approximate surface area is 130 Å². The van der Waals surface area contributed by atoms with Crippen LogP contribution < -0.4 is 10.2 Å². The number of carbonyl (C=O) groups excluding carboxylic acids is 2. The van der Waals surface area contributed by atoms with Crippen molar-refractivity contribution < 1.29 is 18.8 Å². The summed E-state index contributed by atoms with van der Waals surface area (Å²) in [7, 11) is 0. The minimum atomic E-state index is -1.11. The molecule has 0 radical (unpaired) electrons. The second-order valence-corrected chi connectivity index (χ2v) is 6.08. The van der Waals surface area contributed by atoms with Crippen molar-refractivity contribution in [3.05, 3.63) is 11.8 Å². The third-order valence-electron chi connectivity index (χ3n) is 4.49. The van der Waals surface area contributed by atoms with E-state index in [1.54, 1.807) is 13.0 Å². The molecule has 2 rings (SSSR count). The monoisotopic (exact) mass is 309 g/mol. The summed E-state index contributed by atoms with van der Waals surface area (Å²) in [6.45, 7) is 9.43. The molecule has 1 fully saturated rings. The summed E-state index contributed by atoms with van der Waals surface area (Å²) in [6, 6.07) is 1.39. The van der Waals surface area contributed by atoms with Gasteiger partial charge in [0.05, 0.1) is 6.54 Å². The summed E-state index contributed by atoms with van der Waals surface area (Å²) in [5.74, 6) is 0.610. The Morgan fingerprint density at radius 3 is 2.73 bits per heavy atom. The molecule has 7 nitrogen and oxygen atoms in total. The highest BCUT2D eigenvalue weighted by molar-refractivity contribution is 5.95. The highest BCUT2D eigenvalue weighted by Gasteiger charge is 2.47. The van der Waals surface area contributed by atoms with Gasteiger partial charge in [-0.2, -0.15) is 0 Å². The SMILES string of the molecule is CCC(C)(CC)c1cc(N2C(=O)NCC2(C)OC(C)=O)no1. The van der Waals surface area contributed by atoms with Gasteiger partial charge in [-0.1, -0.05) is 25.9 Å². The lowest BCUT2D eigenvalue weighted by Crippen LogP contribution is -2.48. The Balaban J connectivity index is 2.36. The number of hydrogen-bond donors (Lipinski definition) is 1. The zero-order valence-electron chi connectivity index (χ0n) is 13.7. The Bertz CT molecular complexity index is 579. The van der Waals surface area contributed by atoms with Crippen molar-refractivity contribution >= 4 is 17.8 Å². The summed E-state index contributed by atoms with van der Waals surface area (Å²) in [5.41, 5.74) is -1.24. The minimum Gasteiger partial charge on any atom is -0.437 e. The quantitative estimate of drug-likeness (QED) is 0.845. The molecule has 1 saturated heterocycles. The van der Waals surface area contributed by atoms with Crippen LogP contribution in [0.1, 0.15) is 53.2 Å². The summed E-state index contributed by atoms with van der Waals surface area (Å²) in [6.07, 6.45) is 1.79. The van der Waals surface area contributed by atoms with Crippen LogP contribution in [-0.4, -0.2) is 29.4 Å². The normalized spacial score (nSPS) is 21.9. The average molecular weight is 309 g/mol. The van der Waals surface area contributed by atoms with Crippen molar-refractivity contribution in [1.82, 2.24) is 10.5 Å². The van der Waals surface area contributed by atoms with E-state index in [1.807, 2.05) is 0 Å². The maximum absolute atomic E-state index is 12.1. The first-order valence-electron chi connectivity index (χ1n) is 7.50. The van der Waals surface area contributed by atoms with Crippen molar-refractivity contribution in [2.45, 2.75) is 58.6 Å². The van der Waals surface area contributed by atoms with Gasteiger partial charge in [0.25, 0.3) is 0 Å². The van der Waals surface area contributed by atoms with E-state index >= 15 is 0 Å².